The summed E-state index contributed by atoms with van der Waals surface area (Å²) in [7, 11) is 0. The van der Waals surface area contributed by atoms with Gasteiger partial charge in [-0.25, -0.2) is 15.0 Å². The summed E-state index contributed by atoms with van der Waals surface area (Å²) < 4.78 is 0. The number of aryl methyl sites for hydroxylation is 1. The van der Waals surface area contributed by atoms with E-state index >= 15 is 0 Å². The molecule has 0 amide bonds. The number of benzene rings is 2. The number of hydrogen-bond acceptors (Lipinski definition) is 5. The zero-order chi connectivity index (χ0) is 25.6. The number of nitrogens with zero attached hydrogens (tertiary/aromatic N) is 5. The van der Waals surface area contributed by atoms with E-state index in [1.165, 1.54) is 0 Å². The maximum atomic E-state index is 9.09. The molecular weight excluding hydrogens is 482 g/mol. The highest BCUT2D eigenvalue weighted by molar-refractivity contribution is 6.30. The molecule has 0 radical (unpaired) electrons. The van der Waals surface area contributed by atoms with Crippen molar-refractivity contribution >= 4 is 28.5 Å². The highest BCUT2D eigenvalue weighted by Crippen LogP contribution is 2.38. The third-order valence-electron chi connectivity index (χ3n) is 7.47. The first-order chi connectivity index (χ1) is 17.9. The van der Waals surface area contributed by atoms with Crippen LogP contribution in [0.2, 0.25) is 5.02 Å². The molecule has 2 aromatic carbocycles. The monoisotopic (exact) mass is 507 g/mol. The molecule has 8 heteroatoms. The molecule has 184 valence electrons. The molecule has 0 atom stereocenters. The third-order valence-corrected chi connectivity index (χ3v) is 7.72. The molecule has 7 nitrogen and oxygen atoms in total. The van der Waals surface area contributed by atoms with Crippen LogP contribution in [0.4, 0.5) is 5.82 Å². The van der Waals surface area contributed by atoms with Crippen LogP contribution in [-0.2, 0) is 5.41 Å². The molecule has 1 aliphatic heterocycles. The highest BCUT2D eigenvalue weighted by Gasteiger charge is 2.36. The van der Waals surface area contributed by atoms with Crippen LogP contribution in [0, 0.1) is 18.3 Å². The van der Waals surface area contributed by atoms with Crippen LogP contribution in [0.5, 0.6) is 0 Å². The lowest BCUT2D eigenvalue weighted by Crippen LogP contribution is -2.42. The molecule has 4 heterocycles. The van der Waals surface area contributed by atoms with E-state index < -0.39 is 0 Å². The fourth-order valence-corrected chi connectivity index (χ4v) is 5.27. The lowest BCUT2D eigenvalue weighted by molar-refractivity contribution is 0.345. The molecule has 3 aromatic heterocycles. The minimum absolute atomic E-state index is 0.0517. The Kier molecular flexibility index (Phi) is 5.69. The number of fused-ring (bicyclic) bond motifs is 1. The Bertz CT molecular complexity index is 1620. The van der Waals surface area contributed by atoms with Gasteiger partial charge >= 0.3 is 0 Å². The van der Waals surface area contributed by atoms with Crippen molar-refractivity contribution in [3.05, 3.63) is 83.0 Å². The topological polar surface area (TPSA) is 97.3 Å². The number of hydrogen-bond donors (Lipinski definition) is 2. The first kappa shape index (κ1) is 23.3. The van der Waals surface area contributed by atoms with Crippen LogP contribution >= 0.6 is 11.6 Å². The second kappa shape index (κ2) is 9.06. The van der Waals surface area contributed by atoms with Gasteiger partial charge in [-0.1, -0.05) is 42.8 Å². The lowest BCUT2D eigenvalue weighted by atomic mass is 9.79. The Morgan fingerprint density at radius 3 is 2.38 bits per heavy atom. The van der Waals surface area contributed by atoms with E-state index in [1.54, 1.807) is 6.33 Å². The molecule has 0 unspecified atom stereocenters. The van der Waals surface area contributed by atoms with E-state index in [-0.39, 0.29) is 5.41 Å². The maximum Gasteiger partial charge on any atom is 0.143 e. The van der Waals surface area contributed by atoms with Crippen molar-refractivity contribution in [1.29, 1.82) is 5.26 Å². The van der Waals surface area contributed by atoms with Crippen molar-refractivity contribution in [2.45, 2.75) is 32.1 Å². The molecule has 2 N–H and O–H groups in total. The average Bonchev–Trinajstić information content (AvgIpc) is 3.54. The van der Waals surface area contributed by atoms with Gasteiger partial charge in [-0.3, -0.25) is 0 Å². The van der Waals surface area contributed by atoms with Gasteiger partial charge in [0.2, 0.25) is 0 Å². The SMILES string of the molecule is Cc1[nH]c(C2(C)CCN(c3ncnc4[nH]c(-c5ccc(C#N)cc5)cc34)CC2)nc1-c1ccc(Cl)cc1. The molecule has 1 aliphatic rings. The van der Waals surface area contributed by atoms with Crippen molar-refractivity contribution in [3.8, 4) is 28.6 Å². The van der Waals surface area contributed by atoms with Gasteiger partial charge in [-0.05, 0) is 55.7 Å². The minimum Gasteiger partial charge on any atom is -0.356 e. The summed E-state index contributed by atoms with van der Waals surface area (Å²) in [5.41, 5.74) is 6.50. The predicted octanol–water partition coefficient (Wildman–Crippen LogP) is 6.41. The second-order valence-corrected chi connectivity index (χ2v) is 10.4. The van der Waals surface area contributed by atoms with E-state index in [1.807, 2.05) is 48.5 Å². The molecule has 0 bridgehead atoms. The molecule has 0 aliphatic carbocycles. The van der Waals surface area contributed by atoms with Crippen molar-refractivity contribution in [3.63, 3.8) is 0 Å². The number of rotatable bonds is 4. The molecule has 1 saturated heterocycles. The summed E-state index contributed by atoms with van der Waals surface area (Å²) in [5, 5.41) is 10.8. The minimum atomic E-state index is -0.0517. The van der Waals surface area contributed by atoms with Crippen molar-refractivity contribution in [2.75, 3.05) is 18.0 Å². The van der Waals surface area contributed by atoms with Gasteiger partial charge in [0.05, 0.1) is 22.7 Å². The lowest BCUT2D eigenvalue weighted by Gasteiger charge is -2.38. The molecule has 37 heavy (non-hydrogen) atoms. The van der Waals surface area contributed by atoms with Gasteiger partial charge in [-0.15, -0.1) is 0 Å². The Morgan fingerprint density at radius 2 is 1.68 bits per heavy atom. The fourth-order valence-electron chi connectivity index (χ4n) is 5.14. The van der Waals surface area contributed by atoms with Gasteiger partial charge in [-0.2, -0.15) is 5.26 Å². The van der Waals surface area contributed by atoms with Gasteiger partial charge in [0.15, 0.2) is 0 Å². The van der Waals surface area contributed by atoms with Crippen LogP contribution < -0.4 is 4.90 Å². The zero-order valence-electron chi connectivity index (χ0n) is 20.7. The van der Waals surface area contributed by atoms with Gasteiger partial charge < -0.3 is 14.9 Å². The molecule has 0 spiro atoms. The maximum absolute atomic E-state index is 9.09. The normalized spacial score (nSPS) is 15.1. The van der Waals surface area contributed by atoms with Crippen LogP contribution in [0.25, 0.3) is 33.5 Å². The molecule has 1 fully saturated rings. The van der Waals surface area contributed by atoms with Crippen LogP contribution in [-0.4, -0.2) is 38.0 Å². The Labute approximate surface area is 220 Å². The summed E-state index contributed by atoms with van der Waals surface area (Å²) in [5.74, 6) is 1.98. The summed E-state index contributed by atoms with van der Waals surface area (Å²) in [4.78, 5) is 23.5. The van der Waals surface area contributed by atoms with Crippen LogP contribution in [0.1, 0.15) is 36.8 Å². The first-order valence-electron chi connectivity index (χ1n) is 12.4. The largest absolute Gasteiger partial charge is 0.356 e. The Morgan fingerprint density at radius 1 is 0.973 bits per heavy atom. The van der Waals surface area contributed by atoms with Gasteiger partial charge in [0.25, 0.3) is 0 Å². The standard InChI is InChI=1S/C29H26ClN7/c1-18-25(21-7-9-22(30)10-8-21)36-28(34-18)29(2)11-13-37(14-12-29)27-23-15-24(35-26(23)32-17-33-27)20-5-3-19(16-31)4-6-20/h3-10,15,17H,11-14H2,1-2H3,(H,34,36)(H,32,33,35). The number of aromatic nitrogens is 5. The molecule has 6 rings (SSSR count). The zero-order valence-corrected chi connectivity index (χ0v) is 21.5. The van der Waals surface area contributed by atoms with Gasteiger partial charge in [0, 0.05) is 40.5 Å². The summed E-state index contributed by atoms with van der Waals surface area (Å²) in [6.45, 7) is 6.11. The number of aromatic amines is 2. The van der Waals surface area contributed by atoms with Crippen molar-refractivity contribution in [1.82, 2.24) is 24.9 Å². The summed E-state index contributed by atoms with van der Waals surface area (Å²) in [6.07, 6.45) is 3.54. The summed E-state index contributed by atoms with van der Waals surface area (Å²) >= 11 is 6.08. The molecule has 5 aromatic rings. The third kappa shape index (κ3) is 4.24. The molecule has 0 saturated carbocycles. The van der Waals surface area contributed by atoms with E-state index in [9.17, 15) is 0 Å². The second-order valence-electron chi connectivity index (χ2n) is 9.95. The number of piperidine rings is 1. The van der Waals surface area contributed by atoms with E-state index in [0.29, 0.717) is 5.56 Å². The van der Waals surface area contributed by atoms with E-state index in [2.05, 4.69) is 50.8 Å². The van der Waals surface area contributed by atoms with Crippen molar-refractivity contribution < 1.29 is 0 Å². The average molecular weight is 508 g/mol. The highest BCUT2D eigenvalue weighted by atomic mass is 35.5. The Hall–Kier alpha value is -4.15. The first-order valence-corrected chi connectivity index (χ1v) is 12.7. The number of H-pyrrole nitrogens is 2. The van der Waals surface area contributed by atoms with Crippen molar-refractivity contribution in [2.24, 2.45) is 0 Å². The smallest absolute Gasteiger partial charge is 0.143 e. The Balaban J connectivity index is 1.24. The number of nitrogens with one attached hydrogen (secondary N) is 2. The number of anilines is 1. The van der Waals surface area contributed by atoms with E-state index in [4.69, 9.17) is 21.8 Å². The van der Waals surface area contributed by atoms with Gasteiger partial charge in [0.1, 0.15) is 23.6 Å². The summed E-state index contributed by atoms with van der Waals surface area (Å²) in [6, 6.07) is 19.7. The van der Waals surface area contributed by atoms with Crippen LogP contribution in [0.3, 0.4) is 0 Å². The number of imidazole rings is 1. The predicted molar refractivity (Wildman–Crippen MR) is 147 cm³/mol. The number of nitriles is 1. The van der Waals surface area contributed by atoms with E-state index in [0.717, 1.165) is 81.8 Å². The molecular formula is C29H26ClN7. The quantitative estimate of drug-likeness (QED) is 0.293. The van der Waals surface area contributed by atoms with Crippen LogP contribution in [0.15, 0.2) is 60.9 Å². The number of halogens is 1. The fraction of sp³-hybridized carbons (Fsp3) is 0.241.